The first-order valence-corrected chi connectivity index (χ1v) is 11.2. The lowest BCUT2D eigenvalue weighted by atomic mass is 9.95. The molecular weight excluding hydrogens is 372 g/mol. The van der Waals surface area contributed by atoms with Crippen LogP contribution in [0.2, 0.25) is 0 Å². The minimum Gasteiger partial charge on any atom is -0.367 e. The minimum absolute atomic E-state index is 0.452. The molecule has 2 fully saturated rings. The van der Waals surface area contributed by atoms with Gasteiger partial charge in [-0.05, 0) is 44.0 Å². The number of anilines is 2. The molecule has 1 atom stereocenters. The summed E-state index contributed by atoms with van der Waals surface area (Å²) in [7, 11) is 0. The molecule has 1 saturated heterocycles. The molecule has 1 saturated carbocycles. The Kier molecular flexibility index (Phi) is 5.49. The van der Waals surface area contributed by atoms with Crippen molar-refractivity contribution < 1.29 is 0 Å². The van der Waals surface area contributed by atoms with Crippen LogP contribution in [-0.2, 0) is 0 Å². The fourth-order valence-corrected chi connectivity index (χ4v) is 4.72. The van der Waals surface area contributed by atoms with Crippen LogP contribution in [0.25, 0.3) is 22.0 Å². The highest BCUT2D eigenvalue weighted by atomic mass is 15.2. The van der Waals surface area contributed by atoms with Crippen molar-refractivity contribution in [3.8, 4) is 11.3 Å². The van der Waals surface area contributed by atoms with E-state index in [-0.39, 0.29) is 0 Å². The van der Waals surface area contributed by atoms with E-state index < -0.39 is 0 Å². The summed E-state index contributed by atoms with van der Waals surface area (Å²) in [6.45, 7) is 5.12. The zero-order valence-electron chi connectivity index (χ0n) is 17.6. The number of pyridine rings is 3. The predicted octanol–water partition coefficient (Wildman–Crippen LogP) is 4.23. The Hall–Kier alpha value is -2.73. The number of rotatable bonds is 4. The van der Waals surface area contributed by atoms with Crippen molar-refractivity contribution in [1.29, 1.82) is 0 Å². The van der Waals surface area contributed by atoms with Gasteiger partial charge in [-0.3, -0.25) is 4.98 Å². The Morgan fingerprint density at radius 3 is 2.87 bits per heavy atom. The molecule has 2 N–H and O–H groups in total. The van der Waals surface area contributed by atoms with Gasteiger partial charge in [-0.1, -0.05) is 19.3 Å². The molecule has 0 aromatic carbocycles. The molecule has 2 aliphatic rings. The van der Waals surface area contributed by atoms with Crippen molar-refractivity contribution in [3.05, 3.63) is 42.9 Å². The summed E-state index contributed by atoms with van der Waals surface area (Å²) in [6, 6.07) is 9.42. The molecule has 156 valence electrons. The van der Waals surface area contributed by atoms with E-state index in [2.05, 4.69) is 56.7 Å². The molecule has 6 nitrogen and oxygen atoms in total. The van der Waals surface area contributed by atoms with Gasteiger partial charge in [0.2, 0.25) is 0 Å². The molecule has 0 radical (unpaired) electrons. The van der Waals surface area contributed by atoms with Gasteiger partial charge in [-0.25, -0.2) is 9.97 Å². The molecule has 1 aliphatic heterocycles. The fourth-order valence-electron chi connectivity index (χ4n) is 4.72. The SMILES string of the molecule is CC1CN(c2nc(-c3ccnc(NC4CCCCC4)c3)cc3cnccc23)CCN1. The first-order chi connectivity index (χ1) is 14.8. The van der Waals surface area contributed by atoms with Gasteiger partial charge in [0.1, 0.15) is 11.6 Å². The number of piperazine rings is 1. The molecule has 1 unspecified atom stereocenters. The summed E-state index contributed by atoms with van der Waals surface area (Å²) in [5.74, 6) is 2.00. The lowest BCUT2D eigenvalue weighted by Gasteiger charge is -2.33. The van der Waals surface area contributed by atoms with Crippen LogP contribution in [0.15, 0.2) is 42.9 Å². The van der Waals surface area contributed by atoms with E-state index in [4.69, 9.17) is 4.98 Å². The largest absolute Gasteiger partial charge is 0.367 e. The third kappa shape index (κ3) is 4.10. The highest BCUT2D eigenvalue weighted by Crippen LogP contribution is 2.31. The molecule has 5 rings (SSSR count). The van der Waals surface area contributed by atoms with Gasteiger partial charge in [0, 0.05) is 66.6 Å². The molecule has 1 aliphatic carbocycles. The predicted molar refractivity (Wildman–Crippen MR) is 123 cm³/mol. The topological polar surface area (TPSA) is 66.0 Å². The summed E-state index contributed by atoms with van der Waals surface area (Å²) < 4.78 is 0. The number of fused-ring (bicyclic) bond motifs is 1. The van der Waals surface area contributed by atoms with Gasteiger partial charge in [-0.15, -0.1) is 0 Å². The Balaban J connectivity index is 1.50. The monoisotopic (exact) mass is 402 g/mol. The highest BCUT2D eigenvalue weighted by Gasteiger charge is 2.20. The van der Waals surface area contributed by atoms with Gasteiger partial charge >= 0.3 is 0 Å². The lowest BCUT2D eigenvalue weighted by molar-refractivity contribution is 0.462. The van der Waals surface area contributed by atoms with Crippen LogP contribution in [0, 0.1) is 0 Å². The third-order valence-electron chi connectivity index (χ3n) is 6.29. The maximum absolute atomic E-state index is 5.13. The van der Waals surface area contributed by atoms with Crippen LogP contribution in [0.1, 0.15) is 39.0 Å². The molecule has 0 spiro atoms. The molecule has 4 heterocycles. The number of nitrogens with one attached hydrogen (secondary N) is 2. The Labute approximate surface area is 178 Å². The van der Waals surface area contributed by atoms with Gasteiger partial charge < -0.3 is 15.5 Å². The Morgan fingerprint density at radius 2 is 2.00 bits per heavy atom. The first-order valence-electron chi connectivity index (χ1n) is 11.2. The van der Waals surface area contributed by atoms with Crippen LogP contribution < -0.4 is 15.5 Å². The van der Waals surface area contributed by atoms with E-state index in [0.29, 0.717) is 12.1 Å². The van der Waals surface area contributed by atoms with Crippen molar-refractivity contribution in [2.45, 2.75) is 51.1 Å². The maximum Gasteiger partial charge on any atom is 0.137 e. The van der Waals surface area contributed by atoms with Gasteiger partial charge in [0.25, 0.3) is 0 Å². The maximum atomic E-state index is 5.13. The number of hydrogen-bond acceptors (Lipinski definition) is 6. The third-order valence-corrected chi connectivity index (χ3v) is 6.29. The van der Waals surface area contributed by atoms with Crippen molar-refractivity contribution in [3.63, 3.8) is 0 Å². The standard InChI is InChI=1S/C24H30N6/c1-17-16-30(12-11-26-17)24-21-8-9-25-15-19(21)13-22(29-24)18-7-10-27-23(14-18)28-20-5-3-2-4-6-20/h7-10,13-15,17,20,26H,2-6,11-12,16H2,1H3,(H,27,28). The fraction of sp³-hybridized carbons (Fsp3) is 0.458. The number of aromatic nitrogens is 3. The highest BCUT2D eigenvalue weighted by molar-refractivity contribution is 5.94. The second kappa shape index (κ2) is 8.56. The average Bonchev–Trinajstić information content (AvgIpc) is 2.79. The Morgan fingerprint density at radius 1 is 1.10 bits per heavy atom. The van der Waals surface area contributed by atoms with Crippen molar-refractivity contribution >= 4 is 22.4 Å². The van der Waals surface area contributed by atoms with Crippen LogP contribution in [0.4, 0.5) is 11.6 Å². The normalized spacial score (nSPS) is 20.4. The molecule has 6 heteroatoms. The number of hydrogen-bond donors (Lipinski definition) is 2. The zero-order valence-corrected chi connectivity index (χ0v) is 17.6. The van der Waals surface area contributed by atoms with Crippen LogP contribution in [0.5, 0.6) is 0 Å². The molecule has 0 amide bonds. The van der Waals surface area contributed by atoms with Crippen LogP contribution in [0.3, 0.4) is 0 Å². The van der Waals surface area contributed by atoms with Crippen LogP contribution in [-0.4, -0.2) is 46.7 Å². The quantitative estimate of drug-likeness (QED) is 0.681. The van der Waals surface area contributed by atoms with E-state index in [0.717, 1.165) is 53.3 Å². The summed E-state index contributed by atoms with van der Waals surface area (Å²) in [5, 5.41) is 9.46. The van der Waals surface area contributed by atoms with Crippen LogP contribution >= 0.6 is 0 Å². The lowest BCUT2D eigenvalue weighted by Crippen LogP contribution is -2.49. The number of nitrogens with zero attached hydrogens (tertiary/aromatic N) is 4. The molecule has 30 heavy (non-hydrogen) atoms. The van der Waals surface area contributed by atoms with Crippen molar-refractivity contribution in [2.75, 3.05) is 29.9 Å². The van der Waals surface area contributed by atoms with Crippen molar-refractivity contribution in [2.24, 2.45) is 0 Å². The minimum atomic E-state index is 0.452. The summed E-state index contributed by atoms with van der Waals surface area (Å²) in [4.78, 5) is 16.5. The summed E-state index contributed by atoms with van der Waals surface area (Å²) in [6.07, 6.45) is 12.1. The van der Waals surface area contributed by atoms with E-state index in [1.165, 1.54) is 32.1 Å². The van der Waals surface area contributed by atoms with Gasteiger partial charge in [0.15, 0.2) is 0 Å². The molecular formula is C24H30N6. The van der Waals surface area contributed by atoms with E-state index in [9.17, 15) is 0 Å². The molecule has 3 aromatic rings. The van der Waals surface area contributed by atoms with Gasteiger partial charge in [-0.2, -0.15) is 0 Å². The second-order valence-corrected chi connectivity index (χ2v) is 8.64. The van der Waals surface area contributed by atoms with E-state index >= 15 is 0 Å². The average molecular weight is 403 g/mol. The molecule has 3 aromatic heterocycles. The zero-order chi connectivity index (χ0) is 20.3. The first kappa shape index (κ1) is 19.2. The summed E-state index contributed by atoms with van der Waals surface area (Å²) >= 11 is 0. The van der Waals surface area contributed by atoms with E-state index in [1.807, 2.05) is 18.6 Å². The smallest absolute Gasteiger partial charge is 0.137 e. The summed E-state index contributed by atoms with van der Waals surface area (Å²) in [5.41, 5.74) is 2.07. The Bertz CT molecular complexity index is 1010. The van der Waals surface area contributed by atoms with Crippen molar-refractivity contribution in [1.82, 2.24) is 20.3 Å². The van der Waals surface area contributed by atoms with Gasteiger partial charge in [0.05, 0.1) is 5.69 Å². The molecule has 0 bridgehead atoms. The second-order valence-electron chi connectivity index (χ2n) is 8.64. The van der Waals surface area contributed by atoms with E-state index in [1.54, 1.807) is 0 Å².